The van der Waals surface area contributed by atoms with E-state index in [1.165, 1.54) is 30.4 Å². The second-order valence-electron chi connectivity index (χ2n) is 5.11. The van der Waals surface area contributed by atoms with E-state index in [-0.39, 0.29) is 0 Å². The molecule has 0 aliphatic heterocycles. The molecule has 1 aliphatic carbocycles. The van der Waals surface area contributed by atoms with Crippen LogP contribution in [0.3, 0.4) is 0 Å². The van der Waals surface area contributed by atoms with Gasteiger partial charge in [-0.25, -0.2) is 0 Å². The molecule has 2 nitrogen and oxygen atoms in total. The number of nitrogens with one attached hydrogen (secondary N) is 1. The largest absolute Gasteiger partial charge is 0.384 e. The average molecular weight is 233 g/mol. The van der Waals surface area contributed by atoms with Crippen molar-refractivity contribution in [2.75, 3.05) is 20.3 Å². The normalized spacial score (nSPS) is 20.9. The van der Waals surface area contributed by atoms with Crippen LogP contribution in [0.1, 0.15) is 36.9 Å². The summed E-state index contributed by atoms with van der Waals surface area (Å²) in [4.78, 5) is 0. The fourth-order valence-corrected chi connectivity index (χ4v) is 2.65. The SMILES string of the molecule is COCC(C)CNC1CCCc2ccccc21. The predicted octanol–water partition coefficient (Wildman–Crippen LogP) is 2.94. The van der Waals surface area contributed by atoms with Crippen molar-refractivity contribution in [2.45, 2.75) is 32.2 Å². The van der Waals surface area contributed by atoms with Gasteiger partial charge < -0.3 is 10.1 Å². The van der Waals surface area contributed by atoms with E-state index in [1.807, 2.05) is 0 Å². The Bertz CT molecular complexity index is 351. The molecule has 1 aromatic carbocycles. The molecule has 0 amide bonds. The Morgan fingerprint density at radius 2 is 2.24 bits per heavy atom. The molecule has 2 unspecified atom stereocenters. The van der Waals surface area contributed by atoms with Crippen LogP contribution in [-0.2, 0) is 11.2 Å². The minimum absolute atomic E-state index is 0.541. The zero-order valence-electron chi connectivity index (χ0n) is 10.9. The fourth-order valence-electron chi connectivity index (χ4n) is 2.65. The average Bonchev–Trinajstić information content (AvgIpc) is 2.36. The maximum Gasteiger partial charge on any atom is 0.0499 e. The Morgan fingerprint density at radius 3 is 3.06 bits per heavy atom. The molecule has 0 bridgehead atoms. The molecule has 17 heavy (non-hydrogen) atoms. The Kier molecular flexibility index (Phi) is 4.57. The highest BCUT2D eigenvalue weighted by atomic mass is 16.5. The number of aryl methyl sites for hydroxylation is 1. The molecule has 0 saturated carbocycles. The van der Waals surface area contributed by atoms with Crippen LogP contribution in [0.15, 0.2) is 24.3 Å². The van der Waals surface area contributed by atoms with Crippen molar-refractivity contribution in [2.24, 2.45) is 5.92 Å². The lowest BCUT2D eigenvalue weighted by atomic mass is 9.87. The van der Waals surface area contributed by atoms with Crippen molar-refractivity contribution in [3.8, 4) is 0 Å². The molecule has 0 heterocycles. The summed E-state index contributed by atoms with van der Waals surface area (Å²) in [7, 11) is 1.77. The molecule has 0 saturated heterocycles. The summed E-state index contributed by atoms with van der Waals surface area (Å²) in [6.07, 6.45) is 3.80. The summed E-state index contributed by atoms with van der Waals surface area (Å²) in [6, 6.07) is 9.38. The minimum atomic E-state index is 0.541. The quantitative estimate of drug-likeness (QED) is 0.844. The van der Waals surface area contributed by atoms with E-state index in [4.69, 9.17) is 4.74 Å². The van der Waals surface area contributed by atoms with Crippen LogP contribution in [-0.4, -0.2) is 20.3 Å². The first-order valence-electron chi connectivity index (χ1n) is 6.61. The number of rotatable bonds is 5. The molecule has 94 valence electrons. The first-order valence-corrected chi connectivity index (χ1v) is 6.61. The lowest BCUT2D eigenvalue weighted by molar-refractivity contribution is 0.156. The van der Waals surface area contributed by atoms with Crippen LogP contribution in [0.5, 0.6) is 0 Å². The smallest absolute Gasteiger partial charge is 0.0499 e. The van der Waals surface area contributed by atoms with Gasteiger partial charge in [-0.05, 0) is 36.3 Å². The van der Waals surface area contributed by atoms with Gasteiger partial charge in [-0.15, -0.1) is 0 Å². The van der Waals surface area contributed by atoms with Crippen molar-refractivity contribution in [3.63, 3.8) is 0 Å². The summed E-state index contributed by atoms with van der Waals surface area (Å²) in [5.74, 6) is 0.578. The molecular formula is C15H23NO. The number of hydrogen-bond donors (Lipinski definition) is 1. The molecule has 0 radical (unpaired) electrons. The second kappa shape index (κ2) is 6.18. The zero-order chi connectivity index (χ0) is 12.1. The van der Waals surface area contributed by atoms with Crippen molar-refractivity contribution in [1.82, 2.24) is 5.32 Å². The number of methoxy groups -OCH3 is 1. The first-order chi connectivity index (χ1) is 8.31. The Balaban J connectivity index is 1.94. The van der Waals surface area contributed by atoms with E-state index < -0.39 is 0 Å². The Morgan fingerprint density at radius 1 is 1.41 bits per heavy atom. The van der Waals surface area contributed by atoms with Gasteiger partial charge in [0.15, 0.2) is 0 Å². The van der Waals surface area contributed by atoms with E-state index in [9.17, 15) is 0 Å². The maximum absolute atomic E-state index is 5.17. The van der Waals surface area contributed by atoms with Gasteiger partial charge in [0.2, 0.25) is 0 Å². The van der Waals surface area contributed by atoms with Crippen LogP contribution < -0.4 is 5.32 Å². The van der Waals surface area contributed by atoms with Crippen molar-refractivity contribution in [3.05, 3.63) is 35.4 Å². The monoisotopic (exact) mass is 233 g/mol. The van der Waals surface area contributed by atoms with Crippen molar-refractivity contribution in [1.29, 1.82) is 0 Å². The third kappa shape index (κ3) is 3.30. The van der Waals surface area contributed by atoms with Crippen LogP contribution in [0.2, 0.25) is 0 Å². The second-order valence-corrected chi connectivity index (χ2v) is 5.11. The van der Waals surface area contributed by atoms with Crippen molar-refractivity contribution >= 4 is 0 Å². The highest BCUT2D eigenvalue weighted by molar-refractivity contribution is 5.32. The van der Waals surface area contributed by atoms with E-state index in [0.717, 1.165) is 13.2 Å². The van der Waals surface area contributed by atoms with Crippen LogP contribution in [0, 0.1) is 5.92 Å². The summed E-state index contributed by atoms with van der Waals surface area (Å²) in [5.41, 5.74) is 3.03. The number of hydrogen-bond acceptors (Lipinski definition) is 2. The molecule has 2 atom stereocenters. The maximum atomic E-state index is 5.17. The van der Waals surface area contributed by atoms with Gasteiger partial charge in [0.1, 0.15) is 0 Å². The van der Waals surface area contributed by atoms with E-state index in [2.05, 4.69) is 36.5 Å². The lowest BCUT2D eigenvalue weighted by Gasteiger charge is -2.27. The standard InChI is InChI=1S/C15H23NO/c1-12(11-17-2)10-16-15-9-5-7-13-6-3-4-8-14(13)15/h3-4,6,8,12,15-16H,5,7,9-11H2,1-2H3. The van der Waals surface area contributed by atoms with E-state index in [0.29, 0.717) is 12.0 Å². The molecule has 1 N–H and O–H groups in total. The highest BCUT2D eigenvalue weighted by Gasteiger charge is 2.19. The summed E-state index contributed by atoms with van der Waals surface area (Å²) >= 11 is 0. The van der Waals surface area contributed by atoms with E-state index in [1.54, 1.807) is 7.11 Å². The molecular weight excluding hydrogens is 210 g/mol. The third-order valence-corrected chi connectivity index (χ3v) is 3.53. The van der Waals surface area contributed by atoms with Crippen LogP contribution in [0.4, 0.5) is 0 Å². The Labute approximate surface area is 104 Å². The van der Waals surface area contributed by atoms with Gasteiger partial charge in [0, 0.05) is 26.3 Å². The lowest BCUT2D eigenvalue weighted by Crippen LogP contribution is -2.30. The van der Waals surface area contributed by atoms with Gasteiger partial charge in [-0.3, -0.25) is 0 Å². The molecule has 0 fully saturated rings. The summed E-state index contributed by atoms with van der Waals surface area (Å²) < 4.78 is 5.17. The molecule has 1 aromatic rings. The van der Waals surface area contributed by atoms with Gasteiger partial charge in [-0.1, -0.05) is 31.2 Å². The molecule has 1 aliphatic rings. The van der Waals surface area contributed by atoms with Crippen molar-refractivity contribution < 1.29 is 4.74 Å². The fraction of sp³-hybridized carbons (Fsp3) is 0.600. The van der Waals surface area contributed by atoms with Gasteiger partial charge in [0.05, 0.1) is 0 Å². The van der Waals surface area contributed by atoms with E-state index >= 15 is 0 Å². The first kappa shape index (κ1) is 12.6. The summed E-state index contributed by atoms with van der Waals surface area (Å²) in [5, 5.41) is 3.68. The minimum Gasteiger partial charge on any atom is -0.384 e. The van der Waals surface area contributed by atoms with Crippen LogP contribution in [0.25, 0.3) is 0 Å². The number of ether oxygens (including phenoxy) is 1. The Hall–Kier alpha value is -0.860. The van der Waals surface area contributed by atoms with Gasteiger partial charge in [-0.2, -0.15) is 0 Å². The highest BCUT2D eigenvalue weighted by Crippen LogP contribution is 2.29. The van der Waals surface area contributed by atoms with Crippen LogP contribution >= 0.6 is 0 Å². The predicted molar refractivity (Wildman–Crippen MR) is 71.2 cm³/mol. The van der Waals surface area contributed by atoms with Gasteiger partial charge in [0.25, 0.3) is 0 Å². The topological polar surface area (TPSA) is 21.3 Å². The molecule has 0 aromatic heterocycles. The molecule has 0 spiro atoms. The molecule has 2 heteroatoms. The number of benzene rings is 1. The van der Waals surface area contributed by atoms with Gasteiger partial charge >= 0.3 is 0 Å². The number of fused-ring (bicyclic) bond motifs is 1. The molecule has 2 rings (SSSR count). The summed E-state index contributed by atoms with van der Waals surface area (Å²) in [6.45, 7) is 4.10. The zero-order valence-corrected chi connectivity index (χ0v) is 10.9. The third-order valence-electron chi connectivity index (χ3n) is 3.53.